The summed E-state index contributed by atoms with van der Waals surface area (Å²) < 4.78 is 14.2. The summed E-state index contributed by atoms with van der Waals surface area (Å²) in [6.07, 6.45) is 6.64. The summed E-state index contributed by atoms with van der Waals surface area (Å²) in [6, 6.07) is 0.295. The SMILES string of the molecule is CN1CCC[C@]2(CO)CCN(c3ncc(F)c(N4CCCC4)n3)C[C@@H]12. The molecule has 1 N–H and O–H groups in total. The predicted octanol–water partition coefficient (Wildman–Crippen LogP) is 1.50. The molecule has 7 heteroatoms. The lowest BCUT2D eigenvalue weighted by Crippen LogP contribution is -2.61. The Balaban J connectivity index is 1.57. The highest BCUT2D eigenvalue weighted by Crippen LogP contribution is 2.42. The van der Waals surface area contributed by atoms with E-state index >= 15 is 0 Å². The topological polar surface area (TPSA) is 55.7 Å². The quantitative estimate of drug-likeness (QED) is 0.893. The van der Waals surface area contributed by atoms with Gasteiger partial charge in [0.25, 0.3) is 0 Å². The number of nitrogens with zero attached hydrogens (tertiary/aromatic N) is 5. The fourth-order valence-electron chi connectivity index (χ4n) is 4.85. The average molecular weight is 349 g/mol. The number of fused-ring (bicyclic) bond motifs is 1. The second-order valence-corrected chi connectivity index (χ2v) is 7.85. The molecule has 138 valence electrons. The average Bonchev–Trinajstić information content (AvgIpc) is 3.17. The summed E-state index contributed by atoms with van der Waals surface area (Å²) in [6.45, 7) is 4.64. The van der Waals surface area contributed by atoms with Crippen molar-refractivity contribution in [3.8, 4) is 0 Å². The molecule has 0 aliphatic carbocycles. The maximum absolute atomic E-state index is 14.2. The molecule has 3 aliphatic heterocycles. The van der Waals surface area contributed by atoms with Gasteiger partial charge in [-0.25, -0.2) is 9.37 Å². The van der Waals surface area contributed by atoms with Crippen molar-refractivity contribution < 1.29 is 9.50 Å². The number of likely N-dealkylation sites (N-methyl/N-ethyl adjacent to an activating group) is 1. The van der Waals surface area contributed by atoms with E-state index in [9.17, 15) is 9.50 Å². The number of halogens is 1. The predicted molar refractivity (Wildman–Crippen MR) is 95.4 cm³/mol. The molecule has 0 radical (unpaired) electrons. The highest BCUT2D eigenvalue weighted by atomic mass is 19.1. The first-order valence-electron chi connectivity index (χ1n) is 9.46. The summed E-state index contributed by atoms with van der Waals surface area (Å²) in [7, 11) is 2.14. The standard InChI is InChI=1S/C18H28FN5O/c1-22-7-4-5-18(13-25)6-10-24(12-15(18)22)17-20-11-14(19)16(21-17)23-8-2-3-9-23/h11,15,25H,2-10,12-13H2,1H3/t15-,18-/m1/s1. The van der Waals surface area contributed by atoms with Crippen LogP contribution in [0.2, 0.25) is 0 Å². The summed E-state index contributed by atoms with van der Waals surface area (Å²) in [5.74, 6) is 0.731. The van der Waals surface area contributed by atoms with Crippen molar-refractivity contribution in [1.29, 1.82) is 0 Å². The Labute approximate surface area is 148 Å². The van der Waals surface area contributed by atoms with Gasteiger partial charge in [-0.3, -0.25) is 0 Å². The van der Waals surface area contributed by atoms with E-state index in [-0.39, 0.29) is 17.8 Å². The van der Waals surface area contributed by atoms with Crippen LogP contribution in [0, 0.1) is 11.2 Å². The minimum Gasteiger partial charge on any atom is -0.396 e. The maximum atomic E-state index is 14.2. The highest BCUT2D eigenvalue weighted by molar-refractivity contribution is 5.46. The van der Waals surface area contributed by atoms with E-state index in [1.54, 1.807) is 0 Å². The highest BCUT2D eigenvalue weighted by Gasteiger charge is 2.46. The number of aliphatic hydroxyl groups excluding tert-OH is 1. The molecule has 0 unspecified atom stereocenters. The van der Waals surface area contributed by atoms with Gasteiger partial charge in [-0.1, -0.05) is 0 Å². The fraction of sp³-hybridized carbons (Fsp3) is 0.778. The van der Waals surface area contributed by atoms with Gasteiger partial charge in [0, 0.05) is 37.6 Å². The fourth-order valence-corrected chi connectivity index (χ4v) is 4.85. The number of likely N-dealkylation sites (tertiary alicyclic amines) is 1. The molecule has 4 rings (SSSR count). The number of rotatable bonds is 3. The van der Waals surface area contributed by atoms with Gasteiger partial charge in [0.05, 0.1) is 12.8 Å². The Hall–Kier alpha value is -1.47. The summed E-state index contributed by atoms with van der Waals surface area (Å²) in [5, 5.41) is 10.0. The van der Waals surface area contributed by atoms with Gasteiger partial charge in [0.1, 0.15) is 0 Å². The molecule has 0 spiro atoms. The van der Waals surface area contributed by atoms with Crippen molar-refractivity contribution >= 4 is 11.8 Å². The van der Waals surface area contributed by atoms with E-state index in [0.29, 0.717) is 17.8 Å². The molecule has 25 heavy (non-hydrogen) atoms. The molecule has 3 saturated heterocycles. The van der Waals surface area contributed by atoms with E-state index in [2.05, 4.69) is 26.8 Å². The van der Waals surface area contributed by atoms with Gasteiger partial charge in [-0.05, 0) is 45.7 Å². The Morgan fingerprint density at radius 1 is 1.16 bits per heavy atom. The molecule has 3 aliphatic rings. The third-order valence-corrected chi connectivity index (χ3v) is 6.41. The second kappa shape index (κ2) is 6.68. The first-order chi connectivity index (χ1) is 12.1. The number of hydrogen-bond donors (Lipinski definition) is 1. The van der Waals surface area contributed by atoms with Crippen LogP contribution in [0.3, 0.4) is 0 Å². The van der Waals surface area contributed by atoms with E-state index in [1.165, 1.54) is 6.20 Å². The van der Waals surface area contributed by atoms with Crippen molar-refractivity contribution in [3.05, 3.63) is 12.0 Å². The van der Waals surface area contributed by atoms with Crippen LogP contribution in [0.1, 0.15) is 32.1 Å². The van der Waals surface area contributed by atoms with Crippen molar-refractivity contribution in [2.75, 3.05) is 56.2 Å². The van der Waals surface area contributed by atoms with Crippen LogP contribution >= 0.6 is 0 Å². The molecule has 4 heterocycles. The summed E-state index contributed by atoms with van der Waals surface area (Å²) >= 11 is 0. The molecule has 0 bridgehead atoms. The van der Waals surface area contributed by atoms with Gasteiger partial charge in [0.2, 0.25) is 5.95 Å². The van der Waals surface area contributed by atoms with E-state index in [1.807, 2.05) is 4.90 Å². The lowest BCUT2D eigenvalue weighted by atomic mass is 9.69. The van der Waals surface area contributed by atoms with Crippen LogP contribution in [0.25, 0.3) is 0 Å². The van der Waals surface area contributed by atoms with Gasteiger partial charge >= 0.3 is 0 Å². The Bertz CT molecular complexity index is 623. The smallest absolute Gasteiger partial charge is 0.227 e. The monoisotopic (exact) mass is 349 g/mol. The zero-order chi connectivity index (χ0) is 17.4. The number of aliphatic hydroxyl groups is 1. The molecule has 3 fully saturated rings. The number of aromatic nitrogens is 2. The summed E-state index contributed by atoms with van der Waals surface area (Å²) in [5.41, 5.74) is -0.0126. The molecule has 6 nitrogen and oxygen atoms in total. The lowest BCUT2D eigenvalue weighted by Gasteiger charge is -2.53. The molecule has 0 amide bonds. The Morgan fingerprint density at radius 3 is 2.72 bits per heavy atom. The molecular formula is C18H28FN5O. The van der Waals surface area contributed by atoms with Gasteiger partial charge in [-0.15, -0.1) is 0 Å². The Morgan fingerprint density at radius 2 is 1.96 bits per heavy atom. The van der Waals surface area contributed by atoms with Crippen LogP contribution < -0.4 is 9.80 Å². The zero-order valence-electron chi connectivity index (χ0n) is 15.0. The molecule has 0 aromatic carbocycles. The van der Waals surface area contributed by atoms with Gasteiger partial charge in [-0.2, -0.15) is 4.98 Å². The number of hydrogen-bond acceptors (Lipinski definition) is 6. The minimum absolute atomic E-state index is 0.0126. The molecule has 1 aromatic rings. The third-order valence-electron chi connectivity index (χ3n) is 6.41. The maximum Gasteiger partial charge on any atom is 0.227 e. The minimum atomic E-state index is -0.331. The van der Waals surface area contributed by atoms with Crippen molar-refractivity contribution in [1.82, 2.24) is 14.9 Å². The van der Waals surface area contributed by atoms with Crippen LogP contribution in [0.4, 0.5) is 16.2 Å². The van der Waals surface area contributed by atoms with Crippen molar-refractivity contribution in [2.45, 2.75) is 38.1 Å². The van der Waals surface area contributed by atoms with Crippen LogP contribution in [-0.4, -0.2) is 72.4 Å². The van der Waals surface area contributed by atoms with Gasteiger partial charge < -0.3 is 19.8 Å². The molecule has 2 atom stereocenters. The van der Waals surface area contributed by atoms with E-state index in [4.69, 9.17) is 0 Å². The van der Waals surface area contributed by atoms with Crippen molar-refractivity contribution in [2.24, 2.45) is 5.41 Å². The number of piperidine rings is 2. The molecule has 1 aromatic heterocycles. The van der Waals surface area contributed by atoms with Crippen molar-refractivity contribution in [3.63, 3.8) is 0 Å². The molecular weight excluding hydrogens is 321 g/mol. The zero-order valence-corrected chi connectivity index (χ0v) is 15.0. The largest absolute Gasteiger partial charge is 0.396 e. The lowest BCUT2D eigenvalue weighted by molar-refractivity contribution is -0.0278. The van der Waals surface area contributed by atoms with Crippen LogP contribution in [0.15, 0.2) is 6.20 Å². The first-order valence-corrected chi connectivity index (χ1v) is 9.46. The van der Waals surface area contributed by atoms with Crippen LogP contribution in [0.5, 0.6) is 0 Å². The Kier molecular flexibility index (Phi) is 4.54. The number of anilines is 2. The van der Waals surface area contributed by atoms with E-state index < -0.39 is 0 Å². The first kappa shape index (κ1) is 17.0. The molecule has 0 saturated carbocycles. The van der Waals surface area contributed by atoms with E-state index in [0.717, 1.165) is 64.8 Å². The second-order valence-electron chi connectivity index (χ2n) is 7.85. The third kappa shape index (κ3) is 2.97. The van der Waals surface area contributed by atoms with Crippen LogP contribution in [-0.2, 0) is 0 Å². The normalized spacial score (nSPS) is 30.6. The summed E-state index contributed by atoms with van der Waals surface area (Å²) in [4.78, 5) is 15.4. The van der Waals surface area contributed by atoms with Gasteiger partial charge in [0.15, 0.2) is 11.6 Å².